The second-order valence-electron chi connectivity index (χ2n) is 5.98. The number of benzene rings is 1. The molecule has 22 heavy (non-hydrogen) atoms. The van der Waals surface area contributed by atoms with Crippen LogP contribution in [0.15, 0.2) is 23.1 Å². The molecule has 1 aromatic rings. The van der Waals surface area contributed by atoms with E-state index in [4.69, 9.17) is 5.73 Å². The molecule has 1 amide bonds. The third-order valence-corrected chi connectivity index (χ3v) is 5.19. The Labute approximate surface area is 139 Å². The fourth-order valence-corrected chi connectivity index (χ4v) is 2.90. The molecule has 0 aliphatic heterocycles. The summed E-state index contributed by atoms with van der Waals surface area (Å²) in [5.74, 6) is -0.159. The van der Waals surface area contributed by atoms with Gasteiger partial charge >= 0.3 is 0 Å². The molecular weight excluding hydrogens is 324 g/mol. The first-order chi connectivity index (χ1) is 9.51. The van der Waals surface area contributed by atoms with Crippen LogP contribution in [0.25, 0.3) is 0 Å². The van der Waals surface area contributed by atoms with Crippen LogP contribution in [0.1, 0.15) is 36.7 Å². The largest absolute Gasteiger partial charge is 0.345 e. The average molecular weight is 349 g/mol. The highest BCUT2D eigenvalue weighted by atomic mass is 35.5. The van der Waals surface area contributed by atoms with E-state index in [1.807, 2.05) is 20.8 Å². The second-order valence-corrected chi connectivity index (χ2v) is 7.97. The molecule has 0 aromatic heterocycles. The van der Waals surface area contributed by atoms with Crippen molar-refractivity contribution in [3.63, 3.8) is 0 Å². The lowest BCUT2D eigenvalue weighted by Crippen LogP contribution is -2.55. The molecule has 0 radical (unpaired) electrons. The van der Waals surface area contributed by atoms with E-state index in [0.717, 1.165) is 6.26 Å². The number of halogens is 1. The van der Waals surface area contributed by atoms with Crippen molar-refractivity contribution in [3.8, 4) is 0 Å². The topological polar surface area (TPSA) is 89.3 Å². The molecule has 3 N–H and O–H groups in total. The van der Waals surface area contributed by atoms with Gasteiger partial charge in [0.05, 0.1) is 10.4 Å². The van der Waals surface area contributed by atoms with E-state index in [0.29, 0.717) is 17.7 Å². The molecule has 1 unspecified atom stereocenters. The maximum Gasteiger partial charge on any atom is 0.251 e. The summed E-state index contributed by atoms with van der Waals surface area (Å²) >= 11 is 0. The van der Waals surface area contributed by atoms with Crippen molar-refractivity contribution in [1.29, 1.82) is 0 Å². The number of amides is 1. The Morgan fingerprint density at radius 1 is 1.36 bits per heavy atom. The number of carbonyl (C=O) groups is 1. The van der Waals surface area contributed by atoms with Gasteiger partial charge in [0, 0.05) is 18.4 Å². The lowest BCUT2D eigenvalue weighted by molar-refractivity contribution is 0.0883. The molecule has 0 spiro atoms. The summed E-state index contributed by atoms with van der Waals surface area (Å²) in [7, 11) is -3.36. The van der Waals surface area contributed by atoms with Crippen molar-refractivity contribution in [2.75, 3.05) is 12.8 Å². The van der Waals surface area contributed by atoms with Crippen molar-refractivity contribution in [2.45, 2.75) is 38.1 Å². The van der Waals surface area contributed by atoms with Gasteiger partial charge in [0.15, 0.2) is 9.84 Å². The fourth-order valence-electron chi connectivity index (χ4n) is 1.90. The van der Waals surface area contributed by atoms with Gasteiger partial charge in [0.1, 0.15) is 0 Å². The van der Waals surface area contributed by atoms with Gasteiger partial charge in [-0.1, -0.05) is 19.9 Å². The summed E-state index contributed by atoms with van der Waals surface area (Å²) in [6, 6.07) is 4.67. The van der Waals surface area contributed by atoms with E-state index in [1.165, 1.54) is 6.07 Å². The van der Waals surface area contributed by atoms with Crippen LogP contribution in [0.3, 0.4) is 0 Å². The first kappa shape index (κ1) is 20.9. The number of sulfone groups is 1. The molecule has 7 heteroatoms. The number of nitrogens with two attached hydrogens (primary N) is 1. The molecule has 0 fully saturated rings. The Kier molecular flexibility index (Phi) is 7.06. The monoisotopic (exact) mass is 348 g/mol. The van der Waals surface area contributed by atoms with E-state index in [2.05, 4.69) is 5.32 Å². The predicted octanol–water partition coefficient (Wildman–Crippen LogP) is 1.92. The van der Waals surface area contributed by atoms with Gasteiger partial charge < -0.3 is 11.1 Å². The van der Waals surface area contributed by atoms with Crippen LogP contribution < -0.4 is 11.1 Å². The summed E-state index contributed by atoms with van der Waals surface area (Å²) in [5, 5.41) is 2.90. The lowest BCUT2D eigenvalue weighted by atomic mass is 9.88. The first-order valence-electron chi connectivity index (χ1n) is 6.84. The van der Waals surface area contributed by atoms with Crippen LogP contribution in [-0.2, 0) is 9.84 Å². The van der Waals surface area contributed by atoms with E-state index >= 15 is 0 Å². The summed E-state index contributed by atoms with van der Waals surface area (Å²) < 4.78 is 23.5. The van der Waals surface area contributed by atoms with Crippen LogP contribution in [0.2, 0.25) is 0 Å². The minimum Gasteiger partial charge on any atom is -0.345 e. The maximum atomic E-state index is 12.4. The van der Waals surface area contributed by atoms with Crippen molar-refractivity contribution in [1.82, 2.24) is 5.32 Å². The van der Waals surface area contributed by atoms with Gasteiger partial charge in [-0.05, 0) is 37.5 Å². The molecule has 1 rings (SSSR count). The van der Waals surface area contributed by atoms with Crippen molar-refractivity contribution in [3.05, 3.63) is 29.3 Å². The SMILES string of the molecule is Cc1ccc(C(=O)NC(C)(CN)C(C)C)cc1S(C)(=O)=O.Cl. The highest BCUT2D eigenvalue weighted by Gasteiger charge is 2.29. The smallest absolute Gasteiger partial charge is 0.251 e. The van der Waals surface area contributed by atoms with E-state index in [1.54, 1.807) is 19.1 Å². The number of rotatable bonds is 5. The molecule has 0 aliphatic rings. The van der Waals surface area contributed by atoms with Crippen molar-refractivity contribution in [2.24, 2.45) is 11.7 Å². The predicted molar refractivity (Wildman–Crippen MR) is 91.3 cm³/mol. The van der Waals surface area contributed by atoms with Crippen LogP contribution >= 0.6 is 12.4 Å². The number of carbonyl (C=O) groups excluding carboxylic acids is 1. The molecule has 1 aromatic carbocycles. The highest BCUT2D eigenvalue weighted by molar-refractivity contribution is 7.90. The van der Waals surface area contributed by atoms with Crippen LogP contribution in [0.5, 0.6) is 0 Å². The minimum atomic E-state index is -3.36. The van der Waals surface area contributed by atoms with E-state index in [-0.39, 0.29) is 29.1 Å². The molecule has 0 bridgehead atoms. The third-order valence-electron chi connectivity index (χ3n) is 3.95. The van der Waals surface area contributed by atoms with E-state index < -0.39 is 15.4 Å². The maximum absolute atomic E-state index is 12.4. The van der Waals surface area contributed by atoms with Gasteiger partial charge in [0.25, 0.3) is 5.91 Å². The second kappa shape index (κ2) is 7.44. The number of hydrogen-bond acceptors (Lipinski definition) is 4. The van der Waals surface area contributed by atoms with Gasteiger partial charge in [-0.3, -0.25) is 4.79 Å². The van der Waals surface area contributed by atoms with Crippen LogP contribution in [-0.4, -0.2) is 32.7 Å². The van der Waals surface area contributed by atoms with Crippen LogP contribution in [0, 0.1) is 12.8 Å². The summed E-state index contributed by atoms with van der Waals surface area (Å²) in [6.45, 7) is 7.84. The molecule has 0 saturated carbocycles. The molecule has 1 atom stereocenters. The van der Waals surface area contributed by atoms with Crippen LogP contribution in [0.4, 0.5) is 0 Å². The normalized spacial score (nSPS) is 14.1. The van der Waals surface area contributed by atoms with Gasteiger partial charge in [-0.25, -0.2) is 8.42 Å². The first-order valence-corrected chi connectivity index (χ1v) is 8.73. The Balaban J connectivity index is 0.00000441. The molecule has 126 valence electrons. The summed E-state index contributed by atoms with van der Waals surface area (Å²) in [5.41, 5.74) is 6.16. The Morgan fingerprint density at radius 2 is 1.91 bits per heavy atom. The van der Waals surface area contributed by atoms with Gasteiger partial charge in [-0.2, -0.15) is 0 Å². The zero-order chi connectivity index (χ0) is 16.4. The average Bonchev–Trinajstić information content (AvgIpc) is 2.37. The fraction of sp³-hybridized carbons (Fsp3) is 0.533. The van der Waals surface area contributed by atoms with Crippen molar-refractivity contribution >= 4 is 28.2 Å². The third kappa shape index (κ3) is 4.69. The van der Waals surface area contributed by atoms with E-state index in [9.17, 15) is 13.2 Å². The van der Waals surface area contributed by atoms with Gasteiger partial charge in [-0.15, -0.1) is 12.4 Å². The quantitative estimate of drug-likeness (QED) is 0.850. The molecule has 5 nitrogen and oxygen atoms in total. The summed E-state index contributed by atoms with van der Waals surface area (Å²) in [6.07, 6.45) is 1.13. The number of nitrogens with one attached hydrogen (secondary N) is 1. The lowest BCUT2D eigenvalue weighted by Gasteiger charge is -2.33. The summed E-state index contributed by atoms with van der Waals surface area (Å²) in [4.78, 5) is 12.5. The molecule has 0 aliphatic carbocycles. The minimum absolute atomic E-state index is 0. The zero-order valence-corrected chi connectivity index (χ0v) is 15.3. The van der Waals surface area contributed by atoms with Gasteiger partial charge in [0.2, 0.25) is 0 Å². The zero-order valence-electron chi connectivity index (χ0n) is 13.6. The highest BCUT2D eigenvalue weighted by Crippen LogP contribution is 2.19. The Bertz CT molecular complexity index is 644. The number of hydrogen-bond donors (Lipinski definition) is 2. The number of aryl methyl sites for hydroxylation is 1. The van der Waals surface area contributed by atoms with Crippen molar-refractivity contribution < 1.29 is 13.2 Å². The molecule has 0 saturated heterocycles. The Morgan fingerprint density at radius 3 is 2.32 bits per heavy atom. The molecular formula is C15H25ClN2O3S. The molecule has 0 heterocycles. The standard InChI is InChI=1S/C15H24N2O3S.ClH/c1-10(2)15(4,9-16)17-14(18)12-7-6-11(3)13(8-12)21(5,19)20;/h6-8,10H,9,16H2,1-5H3,(H,17,18);1H. The Hall–Kier alpha value is -1.11.